The van der Waals surface area contributed by atoms with Gasteiger partial charge in [-0.05, 0) is 25.2 Å². The van der Waals surface area contributed by atoms with Crippen molar-refractivity contribution >= 4 is 17.8 Å². The lowest BCUT2D eigenvalue weighted by Crippen LogP contribution is -2.60. The number of carboxylic acids is 1. The molecular weight excluding hydrogens is 266 g/mol. The lowest BCUT2D eigenvalue weighted by molar-refractivity contribution is -0.149. The number of carbonyl (C=O) groups excluding carboxylic acids is 2. The van der Waals surface area contributed by atoms with Crippen molar-refractivity contribution in [3.05, 3.63) is 0 Å². The third kappa shape index (κ3) is 2.36. The Hall–Kier alpha value is -1.67. The third-order valence-electron chi connectivity index (χ3n) is 4.18. The van der Waals surface area contributed by atoms with Gasteiger partial charge in [0.1, 0.15) is 11.6 Å². The van der Waals surface area contributed by atoms with Crippen molar-refractivity contribution in [2.24, 2.45) is 17.6 Å². The summed E-state index contributed by atoms with van der Waals surface area (Å²) in [6.07, 6.45) is -0.108. The molecule has 0 spiro atoms. The van der Waals surface area contributed by atoms with Gasteiger partial charge in [0.25, 0.3) is 0 Å². The second-order valence-electron chi connectivity index (χ2n) is 5.54. The number of aliphatic hydroxyl groups is 1. The number of carboxylic acid groups (broad SMARTS) is 1. The van der Waals surface area contributed by atoms with Gasteiger partial charge in [0.2, 0.25) is 11.8 Å². The maximum atomic E-state index is 12.0. The Morgan fingerprint density at radius 3 is 2.50 bits per heavy atom. The van der Waals surface area contributed by atoms with E-state index in [-0.39, 0.29) is 24.8 Å². The van der Waals surface area contributed by atoms with E-state index in [9.17, 15) is 24.6 Å². The summed E-state index contributed by atoms with van der Waals surface area (Å²) in [5, 5.41) is 24.0. The molecule has 0 unspecified atom stereocenters. The molecule has 5 atom stereocenters. The monoisotopic (exact) mass is 285 g/mol. The molecular formula is C12H19N3O5. The van der Waals surface area contributed by atoms with E-state index >= 15 is 0 Å². The largest absolute Gasteiger partial charge is 0.479 e. The van der Waals surface area contributed by atoms with E-state index in [1.165, 1.54) is 6.92 Å². The van der Waals surface area contributed by atoms with Crippen LogP contribution in [-0.4, -0.2) is 52.2 Å². The Morgan fingerprint density at radius 2 is 2.10 bits per heavy atom. The molecule has 0 aromatic rings. The highest BCUT2D eigenvalue weighted by Crippen LogP contribution is 2.57. The summed E-state index contributed by atoms with van der Waals surface area (Å²) < 4.78 is 0. The van der Waals surface area contributed by atoms with Crippen LogP contribution in [0.1, 0.15) is 19.8 Å². The topological polar surface area (TPSA) is 142 Å². The van der Waals surface area contributed by atoms with Crippen molar-refractivity contribution in [2.75, 3.05) is 6.54 Å². The first-order chi connectivity index (χ1) is 9.31. The van der Waals surface area contributed by atoms with Crippen LogP contribution in [0.15, 0.2) is 0 Å². The molecule has 2 aliphatic rings. The second-order valence-corrected chi connectivity index (χ2v) is 5.54. The standard InChI is InChI=1S/C12H19N3O5/c1-5(14-9(17)4-13)10(18)15-12(11(19)20)3-8(16)6-2-7(6)12/h5-8,16H,2-4,13H2,1H3,(H,14,17)(H,15,18)(H,19,20)/t5-,6-,7+,8-,12-/m0/s1. The minimum absolute atomic E-state index is 0.000954. The van der Waals surface area contributed by atoms with Crippen LogP contribution in [0.5, 0.6) is 0 Å². The summed E-state index contributed by atoms with van der Waals surface area (Å²) in [7, 11) is 0. The molecule has 112 valence electrons. The normalized spacial score (nSPS) is 35.9. The zero-order chi connectivity index (χ0) is 15.1. The Bertz CT molecular complexity index is 454. The van der Waals surface area contributed by atoms with Gasteiger partial charge in [0, 0.05) is 6.42 Å². The third-order valence-corrected chi connectivity index (χ3v) is 4.18. The number of hydrogen-bond donors (Lipinski definition) is 5. The van der Waals surface area contributed by atoms with Gasteiger partial charge in [-0.15, -0.1) is 0 Å². The fourth-order valence-electron chi connectivity index (χ4n) is 2.98. The average Bonchev–Trinajstić information content (AvgIpc) is 3.12. The highest BCUT2D eigenvalue weighted by atomic mass is 16.4. The molecule has 0 saturated heterocycles. The minimum atomic E-state index is -1.43. The van der Waals surface area contributed by atoms with Crippen LogP contribution in [0.4, 0.5) is 0 Å². The van der Waals surface area contributed by atoms with Gasteiger partial charge in [-0.25, -0.2) is 4.79 Å². The van der Waals surface area contributed by atoms with Crippen LogP contribution in [0.3, 0.4) is 0 Å². The molecule has 0 bridgehead atoms. The van der Waals surface area contributed by atoms with Crippen LogP contribution in [0.25, 0.3) is 0 Å². The summed E-state index contributed by atoms with van der Waals surface area (Å²) in [6, 6.07) is -0.878. The molecule has 6 N–H and O–H groups in total. The van der Waals surface area contributed by atoms with Gasteiger partial charge in [-0.1, -0.05) is 0 Å². The molecule has 2 amide bonds. The summed E-state index contributed by atoms with van der Waals surface area (Å²) in [5.41, 5.74) is 3.71. The number of nitrogens with one attached hydrogen (secondary N) is 2. The molecule has 8 heteroatoms. The molecule has 8 nitrogen and oxygen atoms in total. The minimum Gasteiger partial charge on any atom is -0.479 e. The average molecular weight is 285 g/mol. The first-order valence-electron chi connectivity index (χ1n) is 6.54. The van der Waals surface area contributed by atoms with E-state index in [1.54, 1.807) is 0 Å². The fraction of sp³-hybridized carbons (Fsp3) is 0.750. The van der Waals surface area contributed by atoms with Gasteiger partial charge in [0.15, 0.2) is 0 Å². The number of aliphatic hydroxyl groups excluding tert-OH is 1. The summed E-state index contributed by atoms with van der Waals surface area (Å²) in [5.74, 6) is -2.52. The van der Waals surface area contributed by atoms with Crippen molar-refractivity contribution in [1.29, 1.82) is 0 Å². The summed E-state index contributed by atoms with van der Waals surface area (Å²) in [6.45, 7) is 1.21. The van der Waals surface area contributed by atoms with E-state index < -0.39 is 35.5 Å². The smallest absolute Gasteiger partial charge is 0.329 e. The summed E-state index contributed by atoms with van der Waals surface area (Å²) >= 11 is 0. The van der Waals surface area contributed by atoms with E-state index in [0.717, 1.165) is 0 Å². The van der Waals surface area contributed by atoms with E-state index in [0.29, 0.717) is 6.42 Å². The quantitative estimate of drug-likeness (QED) is 0.388. The molecule has 20 heavy (non-hydrogen) atoms. The van der Waals surface area contributed by atoms with Crippen molar-refractivity contribution in [3.63, 3.8) is 0 Å². The van der Waals surface area contributed by atoms with Gasteiger partial charge in [-0.2, -0.15) is 0 Å². The number of amides is 2. The zero-order valence-corrected chi connectivity index (χ0v) is 11.1. The van der Waals surface area contributed by atoms with Crippen LogP contribution in [0, 0.1) is 11.8 Å². The molecule has 0 aliphatic heterocycles. The van der Waals surface area contributed by atoms with Crippen LogP contribution in [0.2, 0.25) is 0 Å². The van der Waals surface area contributed by atoms with E-state index in [4.69, 9.17) is 5.73 Å². The molecule has 0 aromatic carbocycles. The lowest BCUT2D eigenvalue weighted by Gasteiger charge is -2.29. The Morgan fingerprint density at radius 1 is 1.45 bits per heavy atom. The second kappa shape index (κ2) is 5.02. The molecule has 0 aromatic heterocycles. The molecule has 2 aliphatic carbocycles. The number of hydrogen-bond acceptors (Lipinski definition) is 5. The number of carbonyl (C=O) groups is 3. The van der Waals surface area contributed by atoms with Crippen LogP contribution < -0.4 is 16.4 Å². The van der Waals surface area contributed by atoms with Gasteiger partial charge in [-0.3, -0.25) is 9.59 Å². The maximum absolute atomic E-state index is 12.0. The van der Waals surface area contributed by atoms with Gasteiger partial charge in [0.05, 0.1) is 12.6 Å². The first kappa shape index (κ1) is 14.7. The number of aliphatic carboxylic acids is 1. The summed E-state index contributed by atoms with van der Waals surface area (Å²) in [4.78, 5) is 34.7. The fourth-order valence-corrected chi connectivity index (χ4v) is 2.98. The lowest BCUT2D eigenvalue weighted by atomic mass is 9.92. The maximum Gasteiger partial charge on any atom is 0.329 e. The predicted molar refractivity (Wildman–Crippen MR) is 67.4 cm³/mol. The molecule has 2 rings (SSSR count). The Labute approximate surface area is 115 Å². The van der Waals surface area contributed by atoms with Crippen LogP contribution in [-0.2, 0) is 14.4 Å². The Balaban J connectivity index is 2.05. The van der Waals surface area contributed by atoms with Crippen molar-refractivity contribution in [3.8, 4) is 0 Å². The molecule has 2 fully saturated rings. The SMILES string of the molecule is C[C@H](NC(=O)CN)C(=O)N[C@@]1(C(=O)O)C[C@H](O)[C@H]2C[C@H]21. The predicted octanol–water partition coefficient (Wildman–Crippen LogP) is -2.21. The van der Waals surface area contributed by atoms with Crippen molar-refractivity contribution < 1.29 is 24.6 Å². The van der Waals surface area contributed by atoms with Gasteiger partial charge >= 0.3 is 5.97 Å². The van der Waals surface area contributed by atoms with Crippen molar-refractivity contribution in [2.45, 2.75) is 37.5 Å². The van der Waals surface area contributed by atoms with E-state index in [1.807, 2.05) is 0 Å². The number of nitrogens with two attached hydrogens (primary N) is 1. The van der Waals surface area contributed by atoms with Crippen molar-refractivity contribution in [1.82, 2.24) is 10.6 Å². The number of fused-ring (bicyclic) bond motifs is 1. The zero-order valence-electron chi connectivity index (χ0n) is 11.1. The number of rotatable bonds is 5. The highest BCUT2D eigenvalue weighted by molar-refractivity contribution is 5.93. The molecule has 2 saturated carbocycles. The first-order valence-corrected chi connectivity index (χ1v) is 6.54. The Kier molecular flexibility index (Phi) is 3.70. The van der Waals surface area contributed by atoms with Gasteiger partial charge < -0.3 is 26.6 Å². The van der Waals surface area contributed by atoms with E-state index in [2.05, 4.69) is 10.6 Å². The molecule has 0 radical (unpaired) electrons. The van der Waals surface area contributed by atoms with Crippen LogP contribution >= 0.6 is 0 Å². The molecule has 0 heterocycles. The highest BCUT2D eigenvalue weighted by Gasteiger charge is 2.67.